The summed E-state index contributed by atoms with van der Waals surface area (Å²) in [6, 6.07) is 0. The maximum atomic E-state index is 8.88. The number of hydrogen-bond acceptors (Lipinski definition) is 1. The minimum atomic E-state index is -4.64. The molecule has 0 radical (unpaired) electrons. The van der Waals surface area contributed by atoms with Crippen LogP contribution >= 0.6 is 7.82 Å². The zero-order valence-electron chi connectivity index (χ0n) is 2.61. The molecule has 0 atom stereocenters. The molecule has 0 aliphatic heterocycles. The second-order valence-electron chi connectivity index (χ2n) is 0.513. The fourth-order valence-electron chi connectivity index (χ4n) is 0. The molecule has 3 N–H and O–H groups in total. The van der Waals surface area contributed by atoms with Crippen LogP contribution in [-0.2, 0) is 25.6 Å². The molecule has 0 amide bonds. The first kappa shape index (κ1) is 15.8. The summed E-state index contributed by atoms with van der Waals surface area (Å²) < 4.78 is 8.88. The Bertz CT molecular complexity index is 57.8. The van der Waals surface area contributed by atoms with Crippen LogP contribution in [-0.4, -0.2) is 32.0 Å². The van der Waals surface area contributed by atoms with Gasteiger partial charge in [-0.3, -0.25) is 0 Å². The second kappa shape index (κ2) is 5.47. The summed E-state index contributed by atoms with van der Waals surface area (Å²) in [4.78, 5) is 21.6. The Kier molecular flexibility index (Phi) is 12.3. The van der Waals surface area contributed by atoms with Gasteiger partial charge in [0.15, 0.2) is 17.4 Å². The summed E-state index contributed by atoms with van der Waals surface area (Å²) >= 11 is 0. The van der Waals surface area contributed by atoms with Gasteiger partial charge in [-0.2, -0.15) is 0 Å². The summed E-state index contributed by atoms with van der Waals surface area (Å²) in [7, 11) is -4.64. The third-order valence-electron chi connectivity index (χ3n) is 0. The molecular weight excluding hydrogens is 218 g/mol. The Morgan fingerprint density at radius 2 is 1.14 bits per heavy atom. The van der Waals surface area contributed by atoms with Crippen molar-refractivity contribution in [2.45, 2.75) is 0 Å². The van der Waals surface area contributed by atoms with Gasteiger partial charge in [0, 0.05) is 21.1 Å². The van der Waals surface area contributed by atoms with Crippen LogP contribution in [0, 0.1) is 0 Å². The summed E-state index contributed by atoms with van der Waals surface area (Å²) in [6.45, 7) is 0. The van der Waals surface area contributed by atoms with Crippen molar-refractivity contribution in [1.29, 1.82) is 0 Å². The van der Waals surface area contributed by atoms with E-state index in [1.807, 2.05) is 0 Å². The van der Waals surface area contributed by atoms with Crippen LogP contribution in [0.1, 0.15) is 0 Å². The Morgan fingerprint density at radius 1 is 1.14 bits per heavy atom. The van der Waals surface area contributed by atoms with E-state index in [0.29, 0.717) is 0 Å². The summed E-state index contributed by atoms with van der Waals surface area (Å²) in [5, 5.41) is 0. The number of hydrogen-bond donors (Lipinski definition) is 3. The van der Waals surface area contributed by atoms with Crippen molar-refractivity contribution in [3.05, 3.63) is 0 Å². The topological polar surface area (TPSA) is 77.8 Å². The molecule has 0 aliphatic carbocycles. The van der Waals surface area contributed by atoms with Crippen LogP contribution in [0.5, 0.6) is 0 Å². The van der Waals surface area contributed by atoms with Crippen molar-refractivity contribution in [2.24, 2.45) is 0 Å². The molecule has 0 bridgehead atoms. The summed E-state index contributed by atoms with van der Waals surface area (Å²) in [5.74, 6) is 0. The first-order chi connectivity index (χ1) is 2.00. The molecule has 0 unspecified atom stereocenters. The van der Waals surface area contributed by atoms with Crippen LogP contribution in [0.25, 0.3) is 0 Å². The first-order valence-corrected chi connectivity index (χ1v) is 2.35. The molecular formula is H6AlMoO4P. The maximum Gasteiger partial charge on any atom is 0.466 e. The van der Waals surface area contributed by atoms with Gasteiger partial charge in [0.2, 0.25) is 0 Å². The maximum absolute atomic E-state index is 8.88. The van der Waals surface area contributed by atoms with E-state index in [9.17, 15) is 0 Å². The van der Waals surface area contributed by atoms with E-state index < -0.39 is 7.82 Å². The average molecular weight is 224 g/mol. The van der Waals surface area contributed by atoms with Crippen LogP contribution in [0.3, 0.4) is 0 Å². The molecule has 0 aromatic carbocycles. The van der Waals surface area contributed by atoms with Gasteiger partial charge in [0.25, 0.3) is 0 Å². The van der Waals surface area contributed by atoms with E-state index >= 15 is 0 Å². The molecule has 0 saturated carbocycles. The summed E-state index contributed by atoms with van der Waals surface area (Å²) in [6.07, 6.45) is 0. The molecule has 0 heterocycles. The molecule has 0 aromatic rings. The van der Waals surface area contributed by atoms with Crippen molar-refractivity contribution in [1.82, 2.24) is 0 Å². The van der Waals surface area contributed by atoms with Gasteiger partial charge < -0.3 is 14.7 Å². The molecule has 0 spiro atoms. The van der Waals surface area contributed by atoms with Crippen molar-refractivity contribution in [3.63, 3.8) is 0 Å². The van der Waals surface area contributed by atoms with E-state index in [1.54, 1.807) is 0 Å². The second-order valence-corrected chi connectivity index (χ2v) is 1.54. The zero-order chi connectivity index (χ0) is 4.50. The number of rotatable bonds is 0. The van der Waals surface area contributed by atoms with Gasteiger partial charge in [0.1, 0.15) is 0 Å². The molecule has 4 nitrogen and oxygen atoms in total. The quantitative estimate of drug-likeness (QED) is 0.325. The largest absolute Gasteiger partial charge is 0.466 e. The molecule has 0 aromatic heterocycles. The van der Waals surface area contributed by atoms with Gasteiger partial charge in [-0.15, -0.1) is 0 Å². The fraction of sp³-hybridized carbons (Fsp3) is 0. The van der Waals surface area contributed by atoms with Gasteiger partial charge in [0.05, 0.1) is 0 Å². The van der Waals surface area contributed by atoms with E-state index in [0.717, 1.165) is 0 Å². The van der Waals surface area contributed by atoms with Crippen LogP contribution in [0.15, 0.2) is 0 Å². The molecule has 7 heteroatoms. The van der Waals surface area contributed by atoms with E-state index in [1.165, 1.54) is 0 Å². The minimum Gasteiger partial charge on any atom is -0.303 e. The van der Waals surface area contributed by atoms with Crippen molar-refractivity contribution in [2.75, 3.05) is 0 Å². The van der Waals surface area contributed by atoms with E-state index in [-0.39, 0.29) is 38.4 Å². The zero-order valence-corrected chi connectivity index (χ0v) is 5.51. The third kappa shape index (κ3) is 118. The van der Waals surface area contributed by atoms with Crippen molar-refractivity contribution >= 4 is 25.2 Å². The molecule has 0 saturated heterocycles. The molecule has 0 rings (SSSR count). The predicted octanol–water partition coefficient (Wildman–Crippen LogP) is -2.12. The fourth-order valence-corrected chi connectivity index (χ4v) is 0. The molecule has 0 fully saturated rings. The van der Waals surface area contributed by atoms with Crippen LogP contribution < -0.4 is 0 Å². The SMILES string of the molecule is O=P(O)(O)O.[AlH3].[Mo]. The van der Waals surface area contributed by atoms with Crippen molar-refractivity contribution < 1.29 is 40.3 Å². The summed E-state index contributed by atoms with van der Waals surface area (Å²) in [5.41, 5.74) is 0. The van der Waals surface area contributed by atoms with Gasteiger partial charge >= 0.3 is 7.82 Å². The number of phosphoric acid groups is 1. The average Bonchev–Trinajstić information content (AvgIpc) is 0.722. The van der Waals surface area contributed by atoms with Crippen molar-refractivity contribution in [3.8, 4) is 0 Å². The van der Waals surface area contributed by atoms with E-state index in [2.05, 4.69) is 0 Å². The third-order valence-corrected chi connectivity index (χ3v) is 0. The Hall–Kier alpha value is 1.33. The van der Waals surface area contributed by atoms with E-state index in [4.69, 9.17) is 19.2 Å². The predicted molar refractivity (Wildman–Crippen MR) is 24.2 cm³/mol. The Balaban J connectivity index is -0.0000000800. The first-order valence-electron chi connectivity index (χ1n) is 0.783. The minimum absolute atomic E-state index is 0. The van der Waals surface area contributed by atoms with Gasteiger partial charge in [-0.05, 0) is 0 Å². The van der Waals surface area contributed by atoms with Gasteiger partial charge in [-0.25, -0.2) is 4.57 Å². The molecule has 44 valence electrons. The molecule has 0 aliphatic rings. The monoisotopic (exact) mass is 226 g/mol. The normalized spacial score (nSPS) is 8.43. The standard InChI is InChI=1S/Al.Mo.H3O4P.3H/c;;1-5(2,3)4;;;/h;;(H3,1,2,3,4);;;. The smallest absolute Gasteiger partial charge is 0.303 e. The van der Waals surface area contributed by atoms with Gasteiger partial charge in [-0.1, -0.05) is 0 Å². The molecule has 7 heavy (non-hydrogen) atoms. The Labute approximate surface area is 65.6 Å². The Morgan fingerprint density at radius 3 is 1.14 bits per heavy atom. The van der Waals surface area contributed by atoms with Crippen LogP contribution in [0.4, 0.5) is 0 Å². The van der Waals surface area contributed by atoms with Crippen LogP contribution in [0.2, 0.25) is 0 Å².